The van der Waals surface area contributed by atoms with Gasteiger partial charge in [-0.15, -0.1) is 0 Å². The first kappa shape index (κ1) is 15.0. The van der Waals surface area contributed by atoms with E-state index in [1.54, 1.807) is 37.3 Å². The summed E-state index contributed by atoms with van der Waals surface area (Å²) in [7, 11) is 0. The zero-order valence-electron chi connectivity index (χ0n) is 12.1. The van der Waals surface area contributed by atoms with E-state index < -0.39 is 0 Å². The normalized spacial score (nSPS) is 11.0. The van der Waals surface area contributed by atoms with Gasteiger partial charge in [-0.3, -0.25) is 4.99 Å². The molecular weight excluding hydrogens is 269 g/mol. The van der Waals surface area contributed by atoms with Gasteiger partial charge in [0.2, 0.25) is 0 Å². The minimum absolute atomic E-state index is 0.0833. The molecule has 0 spiro atoms. The van der Waals surface area contributed by atoms with Crippen molar-refractivity contribution in [2.75, 3.05) is 6.61 Å². The maximum Gasteiger partial charge on any atom is 0.128 e. The molecule has 0 saturated carbocycles. The molecular formula is C17H18FNO2. The van der Waals surface area contributed by atoms with E-state index in [-0.39, 0.29) is 11.6 Å². The zero-order valence-corrected chi connectivity index (χ0v) is 12.1. The highest BCUT2D eigenvalue weighted by atomic mass is 19.1. The zero-order chi connectivity index (χ0) is 15.2. The summed E-state index contributed by atoms with van der Waals surface area (Å²) in [4.78, 5) is 4.17. The van der Waals surface area contributed by atoms with Crippen molar-refractivity contribution >= 4 is 11.9 Å². The topological polar surface area (TPSA) is 41.8 Å². The van der Waals surface area contributed by atoms with Gasteiger partial charge in [0.1, 0.15) is 17.3 Å². The van der Waals surface area contributed by atoms with E-state index in [1.807, 2.05) is 6.92 Å². The van der Waals surface area contributed by atoms with Crippen molar-refractivity contribution in [3.05, 3.63) is 53.3 Å². The predicted molar refractivity (Wildman–Crippen MR) is 82.3 cm³/mol. The molecule has 0 fully saturated rings. The first-order chi connectivity index (χ1) is 10.1. The maximum atomic E-state index is 13.4. The molecule has 2 rings (SSSR count). The molecule has 0 amide bonds. The number of benzene rings is 2. The molecule has 110 valence electrons. The van der Waals surface area contributed by atoms with Crippen molar-refractivity contribution in [3.63, 3.8) is 0 Å². The summed E-state index contributed by atoms with van der Waals surface area (Å²) in [5, 5.41) is 9.92. The number of phenols is 1. The summed E-state index contributed by atoms with van der Waals surface area (Å²) < 4.78 is 18.8. The molecule has 0 aliphatic heterocycles. The molecule has 0 unspecified atom stereocenters. The van der Waals surface area contributed by atoms with Gasteiger partial charge in [-0.25, -0.2) is 4.39 Å². The third-order valence-electron chi connectivity index (χ3n) is 2.98. The van der Waals surface area contributed by atoms with Gasteiger partial charge in [0.25, 0.3) is 0 Å². The van der Waals surface area contributed by atoms with Crippen LogP contribution in [0, 0.1) is 12.7 Å². The minimum Gasteiger partial charge on any atom is -0.507 e. The Kier molecular flexibility index (Phi) is 4.93. The van der Waals surface area contributed by atoms with E-state index >= 15 is 0 Å². The van der Waals surface area contributed by atoms with Gasteiger partial charge in [0.15, 0.2) is 0 Å². The lowest BCUT2D eigenvalue weighted by atomic mass is 10.2. The van der Waals surface area contributed by atoms with Crippen LogP contribution < -0.4 is 4.74 Å². The second-order valence-corrected chi connectivity index (χ2v) is 4.76. The molecule has 0 aromatic heterocycles. The van der Waals surface area contributed by atoms with Gasteiger partial charge in [0, 0.05) is 17.8 Å². The monoisotopic (exact) mass is 287 g/mol. The van der Waals surface area contributed by atoms with Crippen molar-refractivity contribution in [1.82, 2.24) is 0 Å². The van der Waals surface area contributed by atoms with Crippen LogP contribution in [0.1, 0.15) is 24.5 Å². The lowest BCUT2D eigenvalue weighted by molar-refractivity contribution is 0.315. The smallest absolute Gasteiger partial charge is 0.128 e. The minimum atomic E-state index is -0.294. The van der Waals surface area contributed by atoms with E-state index in [2.05, 4.69) is 4.99 Å². The number of aryl methyl sites for hydroxylation is 1. The van der Waals surface area contributed by atoms with Gasteiger partial charge < -0.3 is 9.84 Å². The first-order valence-corrected chi connectivity index (χ1v) is 6.86. The second-order valence-electron chi connectivity index (χ2n) is 4.76. The molecule has 21 heavy (non-hydrogen) atoms. The summed E-state index contributed by atoms with van der Waals surface area (Å²) in [6, 6.07) is 9.80. The third kappa shape index (κ3) is 4.05. The lowest BCUT2D eigenvalue weighted by Gasteiger charge is -2.06. The molecule has 1 N–H and O–H groups in total. The Morgan fingerprint density at radius 3 is 2.71 bits per heavy atom. The van der Waals surface area contributed by atoms with Crippen LogP contribution in [0.2, 0.25) is 0 Å². The molecule has 0 aliphatic carbocycles. The van der Waals surface area contributed by atoms with Crippen LogP contribution in [0.3, 0.4) is 0 Å². The highest BCUT2D eigenvalue weighted by Gasteiger charge is 2.02. The third-order valence-corrected chi connectivity index (χ3v) is 2.98. The van der Waals surface area contributed by atoms with E-state index in [0.29, 0.717) is 29.2 Å². The summed E-state index contributed by atoms with van der Waals surface area (Å²) in [6.07, 6.45) is 2.41. The second kappa shape index (κ2) is 6.88. The van der Waals surface area contributed by atoms with Crippen LogP contribution in [0.5, 0.6) is 11.5 Å². The van der Waals surface area contributed by atoms with Crippen molar-refractivity contribution in [1.29, 1.82) is 0 Å². The number of phenolic OH excluding ortho intramolecular Hbond substituents is 1. The van der Waals surface area contributed by atoms with Gasteiger partial charge in [-0.1, -0.05) is 13.0 Å². The standard InChI is InChI=1S/C17H18FNO2/c1-3-8-21-15-7-5-13(17(20)10-15)11-19-14-6-4-12(2)16(18)9-14/h4-7,9-11,20H,3,8H2,1-2H3. The molecule has 0 radical (unpaired) electrons. The van der Waals surface area contributed by atoms with Crippen molar-refractivity contribution in [2.24, 2.45) is 4.99 Å². The summed E-state index contributed by atoms with van der Waals surface area (Å²) in [5.41, 5.74) is 1.64. The predicted octanol–water partition coefficient (Wildman–Crippen LogP) is 4.38. The Labute approximate surface area is 123 Å². The fourth-order valence-electron chi connectivity index (χ4n) is 1.75. The Hall–Kier alpha value is -2.36. The summed E-state index contributed by atoms with van der Waals surface area (Å²) in [6.45, 7) is 4.32. The van der Waals surface area contributed by atoms with Gasteiger partial charge in [0.05, 0.1) is 12.3 Å². The molecule has 0 heterocycles. The number of hydrogen-bond acceptors (Lipinski definition) is 3. The number of halogens is 1. The fraction of sp³-hybridized carbons (Fsp3) is 0.235. The molecule has 0 atom stereocenters. The average molecular weight is 287 g/mol. The molecule has 0 bridgehead atoms. The Bertz CT molecular complexity index is 653. The largest absolute Gasteiger partial charge is 0.507 e. The van der Waals surface area contributed by atoms with Crippen LogP contribution >= 0.6 is 0 Å². The number of aromatic hydroxyl groups is 1. The average Bonchev–Trinajstić information content (AvgIpc) is 2.47. The van der Waals surface area contributed by atoms with Crippen LogP contribution in [0.15, 0.2) is 41.4 Å². The van der Waals surface area contributed by atoms with Crippen molar-refractivity contribution in [3.8, 4) is 11.5 Å². The lowest BCUT2D eigenvalue weighted by Crippen LogP contribution is -1.95. The Morgan fingerprint density at radius 1 is 1.24 bits per heavy atom. The number of rotatable bonds is 5. The van der Waals surface area contributed by atoms with Crippen LogP contribution in [-0.4, -0.2) is 17.9 Å². The van der Waals surface area contributed by atoms with E-state index in [4.69, 9.17) is 4.74 Å². The van der Waals surface area contributed by atoms with Gasteiger partial charge in [-0.05, 0) is 43.2 Å². The Morgan fingerprint density at radius 2 is 2.05 bits per heavy atom. The molecule has 0 saturated heterocycles. The van der Waals surface area contributed by atoms with Crippen LogP contribution in [0.4, 0.5) is 10.1 Å². The van der Waals surface area contributed by atoms with E-state index in [9.17, 15) is 9.50 Å². The van der Waals surface area contributed by atoms with E-state index in [0.717, 1.165) is 6.42 Å². The maximum absolute atomic E-state index is 13.4. The molecule has 3 nitrogen and oxygen atoms in total. The molecule has 0 aliphatic rings. The quantitative estimate of drug-likeness (QED) is 0.829. The van der Waals surface area contributed by atoms with Gasteiger partial charge >= 0.3 is 0 Å². The van der Waals surface area contributed by atoms with E-state index in [1.165, 1.54) is 12.3 Å². The number of hydrogen-bond donors (Lipinski definition) is 1. The number of ether oxygens (including phenoxy) is 1. The van der Waals surface area contributed by atoms with Crippen molar-refractivity contribution < 1.29 is 14.2 Å². The number of aliphatic imine (C=N–C) groups is 1. The fourth-order valence-corrected chi connectivity index (χ4v) is 1.75. The SMILES string of the molecule is CCCOc1ccc(C=Nc2ccc(C)c(F)c2)c(O)c1. The molecule has 2 aromatic carbocycles. The van der Waals surface area contributed by atoms with Crippen LogP contribution in [0.25, 0.3) is 0 Å². The van der Waals surface area contributed by atoms with Crippen molar-refractivity contribution in [2.45, 2.75) is 20.3 Å². The molecule has 2 aromatic rings. The molecule has 4 heteroatoms. The van der Waals surface area contributed by atoms with Crippen LogP contribution in [-0.2, 0) is 0 Å². The first-order valence-electron chi connectivity index (χ1n) is 6.86. The van der Waals surface area contributed by atoms with Gasteiger partial charge in [-0.2, -0.15) is 0 Å². The Balaban J connectivity index is 2.15. The summed E-state index contributed by atoms with van der Waals surface area (Å²) in [5.74, 6) is 0.407. The number of nitrogens with zero attached hydrogens (tertiary/aromatic N) is 1. The highest BCUT2D eigenvalue weighted by molar-refractivity contribution is 5.85. The summed E-state index contributed by atoms with van der Waals surface area (Å²) >= 11 is 0. The highest BCUT2D eigenvalue weighted by Crippen LogP contribution is 2.23.